The highest BCUT2D eigenvalue weighted by molar-refractivity contribution is 6.29. The number of nitrogens with zero attached hydrogens (tertiary/aromatic N) is 2. The number of furan rings is 2. The Labute approximate surface area is 408 Å². The predicted molar refractivity (Wildman–Crippen MR) is 294 cm³/mol. The average Bonchev–Trinajstić information content (AvgIpc) is 4.02. The van der Waals surface area contributed by atoms with E-state index in [4.69, 9.17) is 13.6 Å². The first kappa shape index (κ1) is 39.4. The summed E-state index contributed by atoms with van der Waals surface area (Å²) >= 11 is 0. The van der Waals surface area contributed by atoms with Crippen molar-refractivity contribution in [2.75, 3.05) is 9.80 Å². The first-order valence-electron chi connectivity index (χ1n) is 24.1. The first-order valence-corrected chi connectivity index (χ1v) is 24.1. The van der Waals surface area contributed by atoms with E-state index in [1.165, 1.54) is 5.39 Å². The molecule has 0 fully saturated rings. The second-order valence-corrected chi connectivity index (χ2v) is 18.3. The van der Waals surface area contributed by atoms with Crippen molar-refractivity contribution >= 4 is 110 Å². The van der Waals surface area contributed by atoms with E-state index in [0.29, 0.717) is 0 Å². The van der Waals surface area contributed by atoms with Crippen molar-refractivity contribution in [3.05, 3.63) is 243 Å². The van der Waals surface area contributed by atoms with Crippen LogP contribution in [-0.4, -0.2) is 0 Å². The number of fused-ring (bicyclic) bond motifs is 6. The topological polar surface area (TPSA) is 42.0 Å². The van der Waals surface area contributed by atoms with E-state index in [2.05, 4.69) is 234 Å². The highest BCUT2D eigenvalue weighted by Crippen LogP contribution is 2.55. The quantitative estimate of drug-likeness (QED) is 0.142. The van der Waals surface area contributed by atoms with Crippen molar-refractivity contribution in [1.82, 2.24) is 0 Å². The Morgan fingerprint density at radius 1 is 0.282 bits per heavy atom. The van der Waals surface area contributed by atoms with Crippen molar-refractivity contribution in [2.24, 2.45) is 0 Å². The highest BCUT2D eigenvalue weighted by Gasteiger charge is 2.29. The highest BCUT2D eigenvalue weighted by atomic mass is 16.5. The lowest BCUT2D eigenvalue weighted by Gasteiger charge is -2.31. The standard InChI is InChI=1S/C66H40N2O3/c1-3-18-41(19-4-1)46-22-7-11-29-53(46)67(55-31-15-26-50-48-24-9-13-33-58(48)70-65(50)55)45-38-43-36-37-44-39-57(52-28-17-35-60-64(52)63(44)62(43)61(40-45)69-60)68(54-30-12-8-23-47(54)42-20-5-2-6-21-42)56-32-16-27-51-49-25-10-14-34-59(49)71-66(51)56/h1-40H. The number of hydrogen-bond donors (Lipinski definition) is 0. The summed E-state index contributed by atoms with van der Waals surface area (Å²) in [6.07, 6.45) is 0. The maximum atomic E-state index is 7.26. The van der Waals surface area contributed by atoms with Gasteiger partial charge in [-0.15, -0.1) is 0 Å². The van der Waals surface area contributed by atoms with E-state index in [9.17, 15) is 0 Å². The van der Waals surface area contributed by atoms with Gasteiger partial charge in [0.1, 0.15) is 22.7 Å². The van der Waals surface area contributed by atoms with Gasteiger partial charge in [0.05, 0.1) is 34.1 Å². The smallest absolute Gasteiger partial charge is 0.159 e. The van der Waals surface area contributed by atoms with Crippen molar-refractivity contribution in [2.45, 2.75) is 0 Å². The second kappa shape index (κ2) is 15.5. The van der Waals surface area contributed by atoms with Gasteiger partial charge in [-0.3, -0.25) is 0 Å². The predicted octanol–water partition coefficient (Wildman–Crippen LogP) is 19.3. The van der Waals surface area contributed by atoms with Crippen LogP contribution in [0.1, 0.15) is 0 Å². The minimum Gasteiger partial charge on any atom is -0.456 e. The molecule has 332 valence electrons. The third-order valence-corrected chi connectivity index (χ3v) is 14.4. The molecule has 2 aromatic heterocycles. The number of hydrogen-bond acceptors (Lipinski definition) is 5. The van der Waals surface area contributed by atoms with Crippen LogP contribution >= 0.6 is 0 Å². The Hall–Kier alpha value is -9.58. The van der Waals surface area contributed by atoms with Gasteiger partial charge in [-0.25, -0.2) is 0 Å². The maximum absolute atomic E-state index is 7.26. The SMILES string of the molecule is c1ccc(-c2ccccc2N(c2cc3c4c(ccc5cc(N(c6ccccc6-c6ccccc6)c6cccc7c6oc6ccccc67)c6cccc(c6c54)O3)c2)c2cccc3c2oc2ccccc23)cc1. The third kappa shape index (κ3) is 6.00. The van der Waals surface area contributed by atoms with Crippen LogP contribution in [0.5, 0.6) is 11.5 Å². The van der Waals surface area contributed by atoms with Gasteiger partial charge in [0, 0.05) is 60.3 Å². The molecule has 0 unspecified atom stereocenters. The van der Waals surface area contributed by atoms with Crippen molar-refractivity contribution in [1.29, 1.82) is 0 Å². The molecular weight excluding hydrogens is 869 g/mol. The maximum Gasteiger partial charge on any atom is 0.159 e. The molecule has 0 saturated carbocycles. The molecule has 0 amide bonds. The lowest BCUT2D eigenvalue weighted by atomic mass is 9.91. The Morgan fingerprint density at radius 3 is 1.39 bits per heavy atom. The summed E-state index contributed by atoms with van der Waals surface area (Å²) in [5.74, 6) is 1.61. The molecule has 0 atom stereocenters. The summed E-state index contributed by atoms with van der Waals surface area (Å²) in [6, 6.07) is 86.0. The van der Waals surface area contributed by atoms with Crippen molar-refractivity contribution in [3.8, 4) is 33.8 Å². The van der Waals surface area contributed by atoms with E-state index in [-0.39, 0.29) is 0 Å². The molecule has 0 radical (unpaired) electrons. The van der Waals surface area contributed by atoms with Crippen LogP contribution in [0.25, 0.3) is 98.4 Å². The molecule has 3 heterocycles. The summed E-state index contributed by atoms with van der Waals surface area (Å²) in [5, 5.41) is 10.9. The fraction of sp³-hybridized carbons (Fsp3) is 0. The largest absolute Gasteiger partial charge is 0.456 e. The summed E-state index contributed by atoms with van der Waals surface area (Å²) in [5.41, 5.74) is 13.8. The molecular formula is C66H40N2O3. The summed E-state index contributed by atoms with van der Waals surface area (Å²) < 4.78 is 20.9. The number of benzene rings is 12. The molecule has 15 rings (SSSR count). The molecule has 0 saturated heterocycles. The second-order valence-electron chi connectivity index (χ2n) is 18.3. The third-order valence-electron chi connectivity index (χ3n) is 14.4. The van der Waals surface area contributed by atoms with Gasteiger partial charge in [-0.05, 0) is 76.5 Å². The molecule has 5 nitrogen and oxygen atoms in total. The zero-order valence-electron chi connectivity index (χ0n) is 38.2. The molecule has 1 aliphatic rings. The van der Waals surface area contributed by atoms with Gasteiger partial charge in [0.15, 0.2) is 11.2 Å². The zero-order valence-corrected chi connectivity index (χ0v) is 38.2. The lowest BCUT2D eigenvalue weighted by molar-refractivity contribution is 0.493. The Balaban J connectivity index is 0.988. The van der Waals surface area contributed by atoms with E-state index < -0.39 is 0 Å². The average molecular weight is 909 g/mol. The van der Waals surface area contributed by atoms with Crippen LogP contribution in [0.4, 0.5) is 34.1 Å². The monoisotopic (exact) mass is 908 g/mol. The molecule has 71 heavy (non-hydrogen) atoms. The van der Waals surface area contributed by atoms with Gasteiger partial charge < -0.3 is 23.4 Å². The van der Waals surface area contributed by atoms with E-state index in [0.717, 1.165) is 139 Å². The normalized spacial score (nSPS) is 12.1. The molecule has 0 N–H and O–H groups in total. The van der Waals surface area contributed by atoms with Crippen LogP contribution in [0, 0.1) is 0 Å². The van der Waals surface area contributed by atoms with Crippen LogP contribution < -0.4 is 14.5 Å². The molecule has 5 heteroatoms. The molecule has 0 spiro atoms. The van der Waals surface area contributed by atoms with Crippen LogP contribution in [0.3, 0.4) is 0 Å². The number of ether oxygens (including phenoxy) is 1. The molecule has 12 aromatic carbocycles. The molecule has 0 bridgehead atoms. The van der Waals surface area contributed by atoms with Gasteiger partial charge in [-0.2, -0.15) is 0 Å². The van der Waals surface area contributed by atoms with E-state index in [1.54, 1.807) is 0 Å². The Kier molecular flexibility index (Phi) is 8.59. The Bertz CT molecular complexity index is 4460. The minimum absolute atomic E-state index is 0.799. The van der Waals surface area contributed by atoms with E-state index >= 15 is 0 Å². The van der Waals surface area contributed by atoms with Crippen molar-refractivity contribution < 1.29 is 13.6 Å². The number of rotatable bonds is 8. The van der Waals surface area contributed by atoms with Crippen LogP contribution in [0.2, 0.25) is 0 Å². The summed E-state index contributed by atoms with van der Waals surface area (Å²) in [7, 11) is 0. The fourth-order valence-electron chi connectivity index (χ4n) is 11.3. The fourth-order valence-corrected chi connectivity index (χ4v) is 11.3. The zero-order chi connectivity index (χ0) is 46.6. The first-order chi connectivity index (χ1) is 35.2. The van der Waals surface area contributed by atoms with Gasteiger partial charge in [0.2, 0.25) is 0 Å². The van der Waals surface area contributed by atoms with Crippen LogP contribution in [-0.2, 0) is 0 Å². The molecule has 0 aliphatic carbocycles. The molecule has 1 aliphatic heterocycles. The number of para-hydroxylation sites is 6. The summed E-state index contributed by atoms with van der Waals surface area (Å²) in [4.78, 5) is 4.74. The summed E-state index contributed by atoms with van der Waals surface area (Å²) in [6.45, 7) is 0. The number of anilines is 6. The molecule has 14 aromatic rings. The minimum atomic E-state index is 0.799. The van der Waals surface area contributed by atoms with E-state index in [1.807, 2.05) is 18.2 Å². The Morgan fingerprint density at radius 2 is 0.761 bits per heavy atom. The van der Waals surface area contributed by atoms with Gasteiger partial charge in [-0.1, -0.05) is 182 Å². The lowest BCUT2D eigenvalue weighted by Crippen LogP contribution is -2.13. The van der Waals surface area contributed by atoms with Gasteiger partial charge >= 0.3 is 0 Å². The van der Waals surface area contributed by atoms with Gasteiger partial charge in [0.25, 0.3) is 0 Å². The van der Waals surface area contributed by atoms with Crippen molar-refractivity contribution in [3.63, 3.8) is 0 Å². The van der Waals surface area contributed by atoms with Crippen LogP contribution in [0.15, 0.2) is 251 Å².